The lowest BCUT2D eigenvalue weighted by molar-refractivity contribution is -0.143. The van der Waals surface area contributed by atoms with Gasteiger partial charge in [0.1, 0.15) is 5.75 Å². The molecule has 0 bridgehead atoms. The van der Waals surface area contributed by atoms with Crippen LogP contribution in [0.2, 0.25) is 5.02 Å². The van der Waals surface area contributed by atoms with Gasteiger partial charge in [0.2, 0.25) is 0 Å². The Morgan fingerprint density at radius 1 is 1.38 bits per heavy atom. The topological polar surface area (TPSA) is 35.5 Å². The van der Waals surface area contributed by atoms with Crippen LogP contribution in [0.1, 0.15) is 12.0 Å². The summed E-state index contributed by atoms with van der Waals surface area (Å²) in [5.74, 6) is 0.277. The zero-order valence-electron chi connectivity index (χ0n) is 11.5. The van der Waals surface area contributed by atoms with E-state index < -0.39 is 12.7 Å². The highest BCUT2D eigenvalue weighted by Gasteiger charge is 2.34. The number of nitrogens with one attached hydrogen (secondary N) is 1. The van der Waals surface area contributed by atoms with Gasteiger partial charge in [0, 0.05) is 13.1 Å². The van der Waals surface area contributed by atoms with E-state index in [0.717, 1.165) is 12.0 Å². The molecule has 2 rings (SSSR count). The molecule has 3 nitrogen and oxygen atoms in total. The van der Waals surface area contributed by atoms with Gasteiger partial charge in [-0.15, -0.1) is 0 Å². The van der Waals surface area contributed by atoms with Crippen molar-refractivity contribution in [2.75, 3.05) is 26.2 Å². The van der Waals surface area contributed by atoms with Crippen molar-refractivity contribution in [3.63, 3.8) is 0 Å². The van der Waals surface area contributed by atoms with Crippen LogP contribution < -0.4 is 5.32 Å². The van der Waals surface area contributed by atoms with Gasteiger partial charge in [0.25, 0.3) is 0 Å². The first kappa shape index (κ1) is 16.4. The normalized spacial score (nSPS) is 20.1. The molecule has 0 aliphatic carbocycles. The van der Waals surface area contributed by atoms with Gasteiger partial charge < -0.3 is 10.4 Å². The highest BCUT2D eigenvalue weighted by molar-refractivity contribution is 6.32. The molecule has 0 spiro atoms. The molecule has 1 atom stereocenters. The summed E-state index contributed by atoms with van der Waals surface area (Å²) in [6, 6.07) is 4.97. The summed E-state index contributed by atoms with van der Waals surface area (Å²) >= 11 is 5.81. The maximum atomic E-state index is 12.3. The Hall–Kier alpha value is -0.980. The smallest absolute Gasteiger partial charge is 0.401 e. The van der Waals surface area contributed by atoms with Crippen molar-refractivity contribution in [1.82, 2.24) is 10.2 Å². The molecule has 1 saturated heterocycles. The Balaban J connectivity index is 1.71. The van der Waals surface area contributed by atoms with Crippen molar-refractivity contribution in [3.8, 4) is 5.75 Å². The lowest BCUT2D eigenvalue weighted by Crippen LogP contribution is -2.33. The highest BCUT2D eigenvalue weighted by Crippen LogP contribution is 2.24. The third-order valence-electron chi connectivity index (χ3n) is 3.55. The second-order valence-corrected chi connectivity index (χ2v) is 5.83. The van der Waals surface area contributed by atoms with Gasteiger partial charge in [-0.1, -0.05) is 17.7 Å². The third-order valence-corrected chi connectivity index (χ3v) is 3.85. The average Bonchev–Trinajstić information content (AvgIpc) is 2.79. The molecule has 1 aromatic rings. The first-order chi connectivity index (χ1) is 9.83. The van der Waals surface area contributed by atoms with Crippen LogP contribution in [0.15, 0.2) is 18.2 Å². The van der Waals surface area contributed by atoms with E-state index in [2.05, 4.69) is 5.32 Å². The van der Waals surface area contributed by atoms with Gasteiger partial charge in [0.15, 0.2) is 0 Å². The second kappa shape index (κ2) is 6.85. The van der Waals surface area contributed by atoms with Crippen LogP contribution in [0, 0.1) is 5.92 Å². The van der Waals surface area contributed by atoms with Gasteiger partial charge in [-0.2, -0.15) is 13.2 Å². The number of hydrogen-bond acceptors (Lipinski definition) is 3. The average molecular weight is 323 g/mol. The zero-order chi connectivity index (χ0) is 15.5. The standard InChI is InChI=1S/C14H18ClF3N2O/c15-12-5-10(1-2-13(12)21)6-19-7-11-3-4-20(8-11)9-14(16,17)18/h1-2,5,11,19,21H,3-4,6-9H2. The summed E-state index contributed by atoms with van der Waals surface area (Å²) in [6.45, 7) is 1.40. The molecular weight excluding hydrogens is 305 g/mol. The van der Waals surface area contributed by atoms with Gasteiger partial charge in [-0.25, -0.2) is 0 Å². The Bertz CT molecular complexity index is 482. The third kappa shape index (κ3) is 5.37. The Labute approximate surface area is 126 Å². The largest absolute Gasteiger partial charge is 0.506 e. The van der Waals surface area contributed by atoms with Crippen LogP contribution in [0.4, 0.5) is 13.2 Å². The van der Waals surface area contributed by atoms with Gasteiger partial charge >= 0.3 is 6.18 Å². The van der Waals surface area contributed by atoms with Crippen molar-refractivity contribution >= 4 is 11.6 Å². The van der Waals surface area contributed by atoms with E-state index in [1.54, 1.807) is 12.1 Å². The van der Waals surface area contributed by atoms with Crippen molar-refractivity contribution in [2.24, 2.45) is 5.92 Å². The zero-order valence-corrected chi connectivity index (χ0v) is 12.2. The number of likely N-dealkylation sites (tertiary alicyclic amines) is 1. The molecule has 7 heteroatoms. The first-order valence-electron chi connectivity index (χ1n) is 6.81. The number of nitrogens with zero attached hydrogens (tertiary/aromatic N) is 1. The molecule has 1 fully saturated rings. The molecule has 1 aliphatic heterocycles. The quantitative estimate of drug-likeness (QED) is 0.874. The number of phenolic OH excluding ortho intramolecular Hbond substituents is 1. The minimum atomic E-state index is -4.12. The maximum absolute atomic E-state index is 12.3. The first-order valence-corrected chi connectivity index (χ1v) is 7.18. The number of aromatic hydroxyl groups is 1. The van der Waals surface area contributed by atoms with E-state index in [9.17, 15) is 18.3 Å². The Morgan fingerprint density at radius 3 is 2.81 bits per heavy atom. The van der Waals surface area contributed by atoms with E-state index >= 15 is 0 Å². The van der Waals surface area contributed by atoms with E-state index in [1.807, 2.05) is 0 Å². The predicted octanol–water partition coefficient (Wildman–Crippen LogP) is 3.02. The van der Waals surface area contributed by atoms with E-state index in [-0.39, 0.29) is 11.7 Å². The van der Waals surface area contributed by atoms with Crippen LogP contribution in [0.3, 0.4) is 0 Å². The molecule has 21 heavy (non-hydrogen) atoms. The minimum Gasteiger partial charge on any atom is -0.506 e. The van der Waals surface area contributed by atoms with Gasteiger partial charge in [0.05, 0.1) is 11.6 Å². The summed E-state index contributed by atoms with van der Waals surface area (Å²) in [5, 5.41) is 12.8. The van der Waals surface area contributed by atoms with E-state index in [4.69, 9.17) is 11.6 Å². The minimum absolute atomic E-state index is 0.0407. The summed E-state index contributed by atoms with van der Waals surface area (Å²) < 4.78 is 36.9. The summed E-state index contributed by atoms with van der Waals surface area (Å²) in [7, 11) is 0. The Kier molecular flexibility index (Phi) is 5.35. The SMILES string of the molecule is Oc1ccc(CNCC2CCN(CC(F)(F)F)C2)cc1Cl. The fourth-order valence-electron chi connectivity index (χ4n) is 2.56. The monoisotopic (exact) mass is 322 g/mol. The molecule has 118 valence electrons. The highest BCUT2D eigenvalue weighted by atomic mass is 35.5. The van der Waals surface area contributed by atoms with Crippen LogP contribution in [0.5, 0.6) is 5.75 Å². The molecule has 1 aliphatic rings. The molecule has 0 amide bonds. The molecular formula is C14H18ClF3N2O. The van der Waals surface area contributed by atoms with Crippen molar-refractivity contribution in [3.05, 3.63) is 28.8 Å². The number of hydrogen-bond donors (Lipinski definition) is 2. The molecule has 1 aromatic carbocycles. The van der Waals surface area contributed by atoms with Crippen LogP contribution in [-0.2, 0) is 6.54 Å². The number of phenols is 1. The summed E-state index contributed by atoms with van der Waals surface area (Å²) in [6.07, 6.45) is -3.34. The molecule has 0 saturated carbocycles. The maximum Gasteiger partial charge on any atom is 0.401 e. The molecule has 0 aromatic heterocycles. The van der Waals surface area contributed by atoms with Crippen LogP contribution in [-0.4, -0.2) is 42.4 Å². The van der Waals surface area contributed by atoms with Crippen LogP contribution in [0.25, 0.3) is 0 Å². The van der Waals surface area contributed by atoms with Crippen molar-refractivity contribution < 1.29 is 18.3 Å². The molecule has 1 unspecified atom stereocenters. The van der Waals surface area contributed by atoms with E-state index in [1.165, 1.54) is 11.0 Å². The molecule has 0 radical (unpaired) electrons. The fraction of sp³-hybridized carbons (Fsp3) is 0.571. The lowest BCUT2D eigenvalue weighted by atomic mass is 10.1. The van der Waals surface area contributed by atoms with Crippen molar-refractivity contribution in [2.45, 2.75) is 19.1 Å². The summed E-state index contributed by atoms with van der Waals surface area (Å²) in [4.78, 5) is 1.45. The van der Waals surface area contributed by atoms with Crippen molar-refractivity contribution in [1.29, 1.82) is 0 Å². The lowest BCUT2D eigenvalue weighted by Gasteiger charge is -2.18. The van der Waals surface area contributed by atoms with Crippen LogP contribution >= 0.6 is 11.6 Å². The molecule has 2 N–H and O–H groups in total. The van der Waals surface area contributed by atoms with Gasteiger partial charge in [-0.3, -0.25) is 4.90 Å². The Morgan fingerprint density at radius 2 is 2.14 bits per heavy atom. The second-order valence-electron chi connectivity index (χ2n) is 5.42. The number of alkyl halides is 3. The fourth-order valence-corrected chi connectivity index (χ4v) is 2.76. The predicted molar refractivity (Wildman–Crippen MR) is 75.4 cm³/mol. The molecule has 1 heterocycles. The summed E-state index contributed by atoms with van der Waals surface area (Å²) in [5.41, 5.74) is 0.933. The number of rotatable bonds is 5. The number of benzene rings is 1. The van der Waals surface area contributed by atoms with Gasteiger partial charge in [-0.05, 0) is 43.1 Å². The number of halogens is 4. The van der Waals surface area contributed by atoms with E-state index in [0.29, 0.717) is 31.2 Å².